The summed E-state index contributed by atoms with van der Waals surface area (Å²) in [4.78, 5) is 0. The van der Waals surface area contributed by atoms with Crippen molar-refractivity contribution < 1.29 is 23.7 Å². The molecule has 8 heteroatoms. The minimum absolute atomic E-state index is 0.0811. The molecule has 0 aromatic heterocycles. The van der Waals surface area contributed by atoms with E-state index < -0.39 is 6.29 Å². The van der Waals surface area contributed by atoms with E-state index in [1.54, 1.807) is 0 Å². The summed E-state index contributed by atoms with van der Waals surface area (Å²) in [5.41, 5.74) is 16.4. The van der Waals surface area contributed by atoms with Gasteiger partial charge in [0.05, 0.1) is 19.8 Å². The third-order valence-electron chi connectivity index (χ3n) is 3.33. The Labute approximate surface area is 138 Å². The van der Waals surface area contributed by atoms with E-state index in [4.69, 9.17) is 40.9 Å². The Bertz CT molecular complexity index is 273. The van der Waals surface area contributed by atoms with Gasteiger partial charge in [0.15, 0.2) is 6.29 Å². The Kier molecular flexibility index (Phi) is 12.7. The summed E-state index contributed by atoms with van der Waals surface area (Å²) in [5.74, 6) is 0. The molecule has 1 rings (SSSR count). The van der Waals surface area contributed by atoms with Gasteiger partial charge in [-0.1, -0.05) is 0 Å². The molecule has 0 spiro atoms. The quantitative estimate of drug-likeness (QED) is 0.332. The van der Waals surface area contributed by atoms with Gasteiger partial charge in [-0.3, -0.25) is 0 Å². The van der Waals surface area contributed by atoms with Crippen LogP contribution in [0, 0.1) is 0 Å². The summed E-state index contributed by atoms with van der Waals surface area (Å²) in [7, 11) is 0. The average Bonchev–Trinajstić information content (AvgIpc) is 3.03. The lowest BCUT2D eigenvalue weighted by Crippen LogP contribution is -2.36. The zero-order valence-electron chi connectivity index (χ0n) is 14.0. The van der Waals surface area contributed by atoms with E-state index >= 15 is 0 Å². The molecule has 0 bridgehead atoms. The standard InChI is InChI=1S/C15H33N3O5/c16-4-1-7-19-10-13-11-22-15(23-13)14(21-9-3-6-18)12-20-8-2-5-17/h13-15H,1-12,16-18H2. The predicted octanol–water partition coefficient (Wildman–Crippen LogP) is -0.807. The molecule has 0 amide bonds. The molecule has 1 saturated heterocycles. The molecule has 0 aliphatic carbocycles. The highest BCUT2D eigenvalue weighted by molar-refractivity contribution is 4.72. The second-order valence-electron chi connectivity index (χ2n) is 5.45. The highest BCUT2D eigenvalue weighted by Gasteiger charge is 2.33. The van der Waals surface area contributed by atoms with Crippen LogP contribution in [0.25, 0.3) is 0 Å². The average molecular weight is 335 g/mol. The molecule has 138 valence electrons. The summed E-state index contributed by atoms with van der Waals surface area (Å²) >= 11 is 0. The van der Waals surface area contributed by atoms with Crippen LogP contribution in [-0.4, -0.2) is 77.8 Å². The second kappa shape index (κ2) is 14.1. The van der Waals surface area contributed by atoms with Crippen molar-refractivity contribution in [3.8, 4) is 0 Å². The van der Waals surface area contributed by atoms with Crippen LogP contribution in [0.5, 0.6) is 0 Å². The van der Waals surface area contributed by atoms with Crippen molar-refractivity contribution in [1.29, 1.82) is 0 Å². The summed E-state index contributed by atoms with van der Waals surface area (Å²) < 4.78 is 28.4. The fraction of sp³-hybridized carbons (Fsp3) is 1.00. The molecule has 23 heavy (non-hydrogen) atoms. The van der Waals surface area contributed by atoms with Gasteiger partial charge in [0.25, 0.3) is 0 Å². The van der Waals surface area contributed by atoms with E-state index in [2.05, 4.69) is 0 Å². The molecule has 3 unspecified atom stereocenters. The first-order valence-electron chi connectivity index (χ1n) is 8.46. The van der Waals surface area contributed by atoms with Gasteiger partial charge in [-0.05, 0) is 38.9 Å². The Hall–Kier alpha value is -0.320. The number of hydrogen-bond acceptors (Lipinski definition) is 8. The van der Waals surface area contributed by atoms with Crippen LogP contribution in [0.4, 0.5) is 0 Å². The largest absolute Gasteiger partial charge is 0.379 e. The molecular weight excluding hydrogens is 302 g/mol. The van der Waals surface area contributed by atoms with Crippen LogP contribution in [0.3, 0.4) is 0 Å². The molecule has 3 atom stereocenters. The zero-order chi connectivity index (χ0) is 16.8. The molecule has 1 aliphatic heterocycles. The Morgan fingerprint density at radius 2 is 1.57 bits per heavy atom. The third-order valence-corrected chi connectivity index (χ3v) is 3.33. The highest BCUT2D eigenvalue weighted by atomic mass is 16.7. The monoisotopic (exact) mass is 335 g/mol. The second-order valence-corrected chi connectivity index (χ2v) is 5.45. The Morgan fingerprint density at radius 1 is 0.913 bits per heavy atom. The topological polar surface area (TPSA) is 124 Å². The van der Waals surface area contributed by atoms with Crippen molar-refractivity contribution in [2.45, 2.75) is 37.8 Å². The Morgan fingerprint density at radius 3 is 2.26 bits per heavy atom. The molecule has 6 N–H and O–H groups in total. The molecule has 1 heterocycles. The lowest BCUT2D eigenvalue weighted by molar-refractivity contribution is -0.173. The minimum Gasteiger partial charge on any atom is -0.379 e. The maximum absolute atomic E-state index is 5.85. The summed E-state index contributed by atoms with van der Waals surface area (Å²) in [6.07, 6.45) is 1.66. The maximum Gasteiger partial charge on any atom is 0.186 e. The van der Waals surface area contributed by atoms with Gasteiger partial charge in [-0.25, -0.2) is 0 Å². The number of ether oxygens (including phenoxy) is 5. The SMILES string of the molecule is NCCCOCC1COC(C(COCCCN)OCCCN)O1. The zero-order valence-corrected chi connectivity index (χ0v) is 14.0. The van der Waals surface area contributed by atoms with Crippen LogP contribution >= 0.6 is 0 Å². The fourth-order valence-electron chi connectivity index (χ4n) is 2.06. The van der Waals surface area contributed by atoms with Crippen LogP contribution in [0.15, 0.2) is 0 Å². The van der Waals surface area contributed by atoms with Crippen LogP contribution < -0.4 is 17.2 Å². The highest BCUT2D eigenvalue weighted by Crippen LogP contribution is 2.18. The molecule has 1 fully saturated rings. The van der Waals surface area contributed by atoms with Gasteiger partial charge >= 0.3 is 0 Å². The van der Waals surface area contributed by atoms with Crippen LogP contribution in [-0.2, 0) is 23.7 Å². The van der Waals surface area contributed by atoms with Crippen molar-refractivity contribution >= 4 is 0 Å². The smallest absolute Gasteiger partial charge is 0.186 e. The lowest BCUT2D eigenvalue weighted by Gasteiger charge is -2.23. The predicted molar refractivity (Wildman–Crippen MR) is 87.0 cm³/mol. The third kappa shape index (κ3) is 9.53. The van der Waals surface area contributed by atoms with Crippen LogP contribution in [0.1, 0.15) is 19.3 Å². The van der Waals surface area contributed by atoms with Crippen LogP contribution in [0.2, 0.25) is 0 Å². The number of hydrogen-bond donors (Lipinski definition) is 3. The molecule has 0 saturated carbocycles. The van der Waals surface area contributed by atoms with Crippen molar-refractivity contribution in [1.82, 2.24) is 0 Å². The minimum atomic E-state index is -0.436. The maximum atomic E-state index is 5.85. The van der Waals surface area contributed by atoms with E-state index in [0.717, 1.165) is 19.3 Å². The molecule has 8 nitrogen and oxygen atoms in total. The molecule has 0 radical (unpaired) electrons. The van der Waals surface area contributed by atoms with Gasteiger partial charge < -0.3 is 40.9 Å². The lowest BCUT2D eigenvalue weighted by atomic mass is 10.3. The first-order valence-corrected chi connectivity index (χ1v) is 8.46. The Balaban J connectivity index is 2.28. The van der Waals surface area contributed by atoms with Gasteiger partial charge in [0, 0.05) is 19.8 Å². The molecule has 0 aromatic carbocycles. The fourth-order valence-corrected chi connectivity index (χ4v) is 2.06. The van der Waals surface area contributed by atoms with Crippen molar-refractivity contribution in [2.24, 2.45) is 17.2 Å². The van der Waals surface area contributed by atoms with Gasteiger partial charge in [0.2, 0.25) is 0 Å². The van der Waals surface area contributed by atoms with Crippen molar-refractivity contribution in [3.05, 3.63) is 0 Å². The van der Waals surface area contributed by atoms with Gasteiger partial charge in [0.1, 0.15) is 12.2 Å². The molecule has 1 aliphatic rings. The van der Waals surface area contributed by atoms with Gasteiger partial charge in [-0.2, -0.15) is 0 Å². The number of nitrogens with two attached hydrogens (primary N) is 3. The van der Waals surface area contributed by atoms with E-state index in [0.29, 0.717) is 59.3 Å². The van der Waals surface area contributed by atoms with E-state index in [-0.39, 0.29) is 12.2 Å². The summed E-state index contributed by atoms with van der Waals surface area (Å²) in [6, 6.07) is 0. The van der Waals surface area contributed by atoms with Crippen molar-refractivity contribution in [3.63, 3.8) is 0 Å². The van der Waals surface area contributed by atoms with Gasteiger partial charge in [-0.15, -0.1) is 0 Å². The first kappa shape index (κ1) is 20.7. The van der Waals surface area contributed by atoms with E-state index in [9.17, 15) is 0 Å². The van der Waals surface area contributed by atoms with Crippen molar-refractivity contribution in [2.75, 3.05) is 59.3 Å². The molecule has 0 aromatic rings. The summed E-state index contributed by atoms with van der Waals surface area (Å²) in [6.45, 7) is 5.03. The van der Waals surface area contributed by atoms with E-state index in [1.807, 2.05) is 0 Å². The number of rotatable bonds is 15. The summed E-state index contributed by atoms with van der Waals surface area (Å²) in [5, 5.41) is 0. The first-order chi connectivity index (χ1) is 11.3. The van der Waals surface area contributed by atoms with E-state index in [1.165, 1.54) is 0 Å². The normalized spacial score (nSPS) is 22.6. The molecular formula is C15H33N3O5.